The van der Waals surface area contributed by atoms with Crippen molar-refractivity contribution in [3.8, 4) is 0 Å². The van der Waals surface area contributed by atoms with Crippen LogP contribution in [0.3, 0.4) is 0 Å². The van der Waals surface area contributed by atoms with E-state index >= 15 is 0 Å². The highest BCUT2D eigenvalue weighted by Crippen LogP contribution is 2.39. The van der Waals surface area contributed by atoms with E-state index in [-0.39, 0.29) is 16.4 Å². The van der Waals surface area contributed by atoms with Crippen LogP contribution >= 0.6 is 0 Å². The van der Waals surface area contributed by atoms with Crippen molar-refractivity contribution < 1.29 is 21.6 Å². The molecule has 0 unspecified atom stereocenters. The van der Waals surface area contributed by atoms with Gasteiger partial charge in [-0.3, -0.25) is 0 Å². The van der Waals surface area contributed by atoms with Crippen LogP contribution in [0.1, 0.15) is 49.1 Å². The quantitative estimate of drug-likeness (QED) is 0.910. The molecule has 0 bridgehead atoms. The summed E-state index contributed by atoms with van der Waals surface area (Å²) in [5.74, 6) is -0.167. The molecule has 1 fully saturated rings. The van der Waals surface area contributed by atoms with Gasteiger partial charge < -0.3 is 0 Å². The van der Waals surface area contributed by atoms with Crippen LogP contribution in [0.2, 0.25) is 0 Å². The van der Waals surface area contributed by atoms with Gasteiger partial charge in [-0.1, -0.05) is 19.3 Å². The molecular formula is C13H16F3NO2S. The maximum absolute atomic E-state index is 12.8. The minimum atomic E-state index is -4.49. The molecule has 7 heteroatoms. The first-order valence-corrected chi connectivity index (χ1v) is 7.98. The summed E-state index contributed by atoms with van der Waals surface area (Å²) < 4.78 is 61.5. The normalized spacial score (nSPS) is 18.2. The number of sulfonamides is 1. The second-order valence-corrected chi connectivity index (χ2v) is 6.66. The number of hydrogen-bond acceptors (Lipinski definition) is 2. The van der Waals surface area contributed by atoms with Crippen LogP contribution < -0.4 is 5.14 Å². The SMILES string of the molecule is NS(=O)(=O)c1ccc(C(F)(F)F)cc1C1CCCCC1. The molecule has 2 N–H and O–H groups in total. The molecule has 112 valence electrons. The van der Waals surface area contributed by atoms with Crippen LogP contribution in [-0.4, -0.2) is 8.42 Å². The largest absolute Gasteiger partial charge is 0.416 e. The Morgan fingerprint density at radius 1 is 1.10 bits per heavy atom. The van der Waals surface area contributed by atoms with Crippen molar-refractivity contribution in [2.45, 2.75) is 49.1 Å². The van der Waals surface area contributed by atoms with Crippen molar-refractivity contribution >= 4 is 10.0 Å². The lowest BCUT2D eigenvalue weighted by Crippen LogP contribution is -2.18. The first-order valence-electron chi connectivity index (χ1n) is 6.43. The zero-order valence-corrected chi connectivity index (χ0v) is 11.6. The predicted molar refractivity (Wildman–Crippen MR) is 68.6 cm³/mol. The summed E-state index contributed by atoms with van der Waals surface area (Å²) in [6, 6.07) is 2.68. The molecule has 1 aliphatic rings. The number of rotatable bonds is 2. The van der Waals surface area contributed by atoms with Crippen LogP contribution in [0.25, 0.3) is 0 Å². The summed E-state index contributed by atoms with van der Waals surface area (Å²) in [5.41, 5.74) is -0.618. The molecule has 1 saturated carbocycles. The van der Waals surface area contributed by atoms with Gasteiger partial charge in [0.1, 0.15) is 0 Å². The molecule has 0 radical (unpaired) electrons. The van der Waals surface area contributed by atoms with Gasteiger partial charge >= 0.3 is 6.18 Å². The summed E-state index contributed by atoms with van der Waals surface area (Å²) in [5, 5.41) is 5.11. The lowest BCUT2D eigenvalue weighted by molar-refractivity contribution is -0.137. The molecule has 0 amide bonds. The fourth-order valence-electron chi connectivity index (χ4n) is 2.72. The Hall–Kier alpha value is -1.08. The Labute approximate surface area is 116 Å². The van der Waals surface area contributed by atoms with Crippen molar-refractivity contribution in [3.63, 3.8) is 0 Å². The maximum atomic E-state index is 12.8. The smallest absolute Gasteiger partial charge is 0.225 e. The van der Waals surface area contributed by atoms with E-state index in [1.165, 1.54) is 0 Å². The standard InChI is InChI=1S/C13H16F3NO2S/c14-13(15,16)10-6-7-12(20(17,18)19)11(8-10)9-4-2-1-3-5-9/h6-9H,1-5H2,(H2,17,18,19). The maximum Gasteiger partial charge on any atom is 0.416 e. The van der Waals surface area contributed by atoms with Crippen LogP contribution in [0, 0.1) is 0 Å². The Balaban J connectivity index is 2.53. The third kappa shape index (κ3) is 3.32. The summed E-state index contributed by atoms with van der Waals surface area (Å²) >= 11 is 0. The van der Waals surface area contributed by atoms with Gasteiger partial charge in [0.15, 0.2) is 0 Å². The van der Waals surface area contributed by atoms with Gasteiger partial charge in [0.25, 0.3) is 0 Å². The second-order valence-electron chi connectivity index (χ2n) is 5.13. The molecule has 3 nitrogen and oxygen atoms in total. The average Bonchev–Trinajstić information content (AvgIpc) is 2.37. The highest BCUT2D eigenvalue weighted by Gasteiger charge is 2.33. The zero-order chi connectivity index (χ0) is 15.0. The fourth-order valence-corrected chi connectivity index (χ4v) is 3.53. The lowest BCUT2D eigenvalue weighted by Gasteiger charge is -2.24. The van der Waals surface area contributed by atoms with Crippen LogP contribution in [0.4, 0.5) is 13.2 Å². The molecule has 1 aromatic carbocycles. The molecule has 2 rings (SSSR count). The van der Waals surface area contributed by atoms with Crippen molar-refractivity contribution in [1.82, 2.24) is 0 Å². The molecule has 0 saturated heterocycles. The number of benzene rings is 1. The van der Waals surface area contributed by atoms with Gasteiger partial charge in [0, 0.05) is 0 Å². The van der Waals surface area contributed by atoms with Gasteiger partial charge in [-0.15, -0.1) is 0 Å². The number of primary sulfonamides is 1. The molecular weight excluding hydrogens is 291 g/mol. The molecule has 0 aromatic heterocycles. The van der Waals surface area contributed by atoms with E-state index in [0.717, 1.165) is 37.5 Å². The molecule has 0 spiro atoms. The van der Waals surface area contributed by atoms with Gasteiger partial charge in [0.05, 0.1) is 10.5 Å². The van der Waals surface area contributed by atoms with Gasteiger partial charge in [-0.05, 0) is 42.5 Å². The third-order valence-corrected chi connectivity index (χ3v) is 4.67. The van der Waals surface area contributed by atoms with E-state index in [4.69, 9.17) is 5.14 Å². The minimum absolute atomic E-state index is 0.167. The summed E-state index contributed by atoms with van der Waals surface area (Å²) in [4.78, 5) is -0.183. The second kappa shape index (κ2) is 5.37. The number of nitrogens with two attached hydrogens (primary N) is 1. The number of hydrogen-bond donors (Lipinski definition) is 1. The summed E-state index contributed by atoms with van der Waals surface area (Å²) in [7, 11) is -4.01. The van der Waals surface area contributed by atoms with Crippen LogP contribution in [0.15, 0.2) is 23.1 Å². The van der Waals surface area contributed by atoms with Gasteiger partial charge in [0.2, 0.25) is 10.0 Å². The van der Waals surface area contributed by atoms with E-state index in [0.29, 0.717) is 12.8 Å². The minimum Gasteiger partial charge on any atom is -0.225 e. The first kappa shape index (κ1) is 15.3. The molecule has 0 aliphatic heterocycles. The fraction of sp³-hybridized carbons (Fsp3) is 0.538. The van der Waals surface area contributed by atoms with Crippen molar-refractivity contribution in [2.24, 2.45) is 5.14 Å². The van der Waals surface area contributed by atoms with E-state index in [2.05, 4.69) is 0 Å². The predicted octanol–water partition coefficient (Wildman–Crippen LogP) is 3.40. The molecule has 0 atom stereocenters. The zero-order valence-electron chi connectivity index (χ0n) is 10.8. The van der Waals surface area contributed by atoms with E-state index < -0.39 is 21.8 Å². The highest BCUT2D eigenvalue weighted by atomic mass is 32.2. The van der Waals surface area contributed by atoms with Crippen molar-refractivity contribution in [1.29, 1.82) is 0 Å². The van der Waals surface area contributed by atoms with Gasteiger partial charge in [-0.2, -0.15) is 13.2 Å². The van der Waals surface area contributed by atoms with E-state index in [9.17, 15) is 21.6 Å². The Morgan fingerprint density at radius 2 is 1.70 bits per heavy atom. The van der Waals surface area contributed by atoms with E-state index in [1.54, 1.807) is 0 Å². The monoisotopic (exact) mass is 307 g/mol. The molecule has 1 aromatic rings. The van der Waals surface area contributed by atoms with Crippen LogP contribution in [0.5, 0.6) is 0 Å². The summed E-state index contributed by atoms with van der Waals surface area (Å²) in [6.07, 6.45) is -0.274. The Kier molecular flexibility index (Phi) is 4.11. The number of halogens is 3. The topological polar surface area (TPSA) is 60.2 Å². The Bertz CT molecular complexity index is 590. The van der Waals surface area contributed by atoms with Crippen molar-refractivity contribution in [3.05, 3.63) is 29.3 Å². The first-order chi connectivity index (χ1) is 9.19. The third-order valence-electron chi connectivity index (χ3n) is 3.69. The Morgan fingerprint density at radius 3 is 2.20 bits per heavy atom. The average molecular weight is 307 g/mol. The van der Waals surface area contributed by atoms with Gasteiger partial charge in [-0.25, -0.2) is 13.6 Å². The molecule has 20 heavy (non-hydrogen) atoms. The highest BCUT2D eigenvalue weighted by molar-refractivity contribution is 7.89. The number of alkyl halides is 3. The van der Waals surface area contributed by atoms with Crippen LogP contribution in [-0.2, 0) is 16.2 Å². The molecule has 1 aliphatic carbocycles. The lowest BCUT2D eigenvalue weighted by atomic mass is 9.83. The summed E-state index contributed by atoms with van der Waals surface area (Å²) in [6.45, 7) is 0. The van der Waals surface area contributed by atoms with E-state index in [1.807, 2.05) is 0 Å². The molecule has 0 heterocycles. The van der Waals surface area contributed by atoms with Crippen molar-refractivity contribution in [2.75, 3.05) is 0 Å².